The molecule has 21 heavy (non-hydrogen) atoms. The normalized spacial score (nSPS) is 36.8. The van der Waals surface area contributed by atoms with Crippen LogP contribution in [0, 0.1) is 29.5 Å². The van der Waals surface area contributed by atoms with E-state index in [1.807, 2.05) is 0 Å². The first-order valence-corrected chi connectivity index (χ1v) is 7.69. The minimum Gasteiger partial charge on any atom is -0.409 e. The van der Waals surface area contributed by atoms with E-state index in [-0.39, 0.29) is 11.4 Å². The van der Waals surface area contributed by atoms with Gasteiger partial charge in [-0.05, 0) is 49.0 Å². The van der Waals surface area contributed by atoms with Gasteiger partial charge in [-0.25, -0.2) is 4.39 Å². The summed E-state index contributed by atoms with van der Waals surface area (Å²) in [5.74, 6) is 2.90. The Balaban J connectivity index is 1.44. The number of nitrogens with one attached hydrogen (secondary N) is 1. The van der Waals surface area contributed by atoms with Crippen molar-refractivity contribution in [2.24, 2.45) is 34.6 Å². The quantitative estimate of drug-likeness (QED) is 0.344. The van der Waals surface area contributed by atoms with Gasteiger partial charge in [0.2, 0.25) is 0 Å². The third kappa shape index (κ3) is 1.94. The monoisotopic (exact) mass is 289 g/mol. The zero-order valence-electron chi connectivity index (χ0n) is 11.8. The fraction of sp³-hybridized carbons (Fsp3) is 0.562. The fourth-order valence-electron chi connectivity index (χ4n) is 4.79. The van der Waals surface area contributed by atoms with Crippen LogP contribution in [0.25, 0.3) is 0 Å². The molecule has 1 aromatic carbocycles. The third-order valence-corrected chi connectivity index (χ3v) is 5.73. The fourth-order valence-corrected chi connectivity index (χ4v) is 4.79. The maximum absolute atomic E-state index is 14.3. The van der Waals surface area contributed by atoms with E-state index in [9.17, 15) is 4.39 Å². The summed E-state index contributed by atoms with van der Waals surface area (Å²) >= 11 is 0. The highest BCUT2D eigenvalue weighted by molar-refractivity contribution is 5.97. The second-order valence-corrected chi connectivity index (χ2v) is 6.66. The lowest BCUT2D eigenvalue weighted by Crippen LogP contribution is -2.24. The van der Waals surface area contributed by atoms with Gasteiger partial charge in [-0.15, -0.1) is 0 Å². The molecule has 0 heterocycles. The van der Waals surface area contributed by atoms with Crippen LogP contribution in [0.15, 0.2) is 23.4 Å². The van der Waals surface area contributed by atoms with Gasteiger partial charge in [0, 0.05) is 18.2 Å². The van der Waals surface area contributed by atoms with Crippen molar-refractivity contribution >= 4 is 5.84 Å². The molecule has 4 unspecified atom stereocenters. The van der Waals surface area contributed by atoms with Crippen LogP contribution in [0.1, 0.15) is 30.4 Å². The number of hydrogen-bond acceptors (Lipinski definition) is 3. The molecule has 3 saturated carbocycles. The van der Waals surface area contributed by atoms with Crippen molar-refractivity contribution in [3.63, 3.8) is 0 Å². The molecule has 2 bridgehead atoms. The summed E-state index contributed by atoms with van der Waals surface area (Å²) in [6.45, 7) is 0.509. The third-order valence-electron chi connectivity index (χ3n) is 5.73. The summed E-state index contributed by atoms with van der Waals surface area (Å²) < 4.78 is 14.3. The van der Waals surface area contributed by atoms with Crippen molar-refractivity contribution in [3.8, 4) is 0 Å². The molecule has 4 rings (SSSR count). The molecule has 0 aromatic heterocycles. The Bertz CT molecular complexity index is 587. The summed E-state index contributed by atoms with van der Waals surface area (Å²) in [7, 11) is 0. The number of hydrogen-bond donors (Lipinski definition) is 3. The first-order valence-electron chi connectivity index (χ1n) is 7.69. The Labute approximate surface area is 123 Å². The van der Waals surface area contributed by atoms with Gasteiger partial charge in [-0.1, -0.05) is 17.3 Å². The first kappa shape index (κ1) is 13.1. The molecule has 4 nitrogen and oxygen atoms in total. The zero-order valence-corrected chi connectivity index (χ0v) is 11.8. The lowest BCUT2D eigenvalue weighted by Gasteiger charge is -2.12. The summed E-state index contributed by atoms with van der Waals surface area (Å²) in [5.41, 5.74) is 6.23. The molecule has 0 aliphatic heterocycles. The van der Waals surface area contributed by atoms with Gasteiger partial charge in [-0.3, -0.25) is 0 Å². The van der Waals surface area contributed by atoms with Gasteiger partial charge < -0.3 is 16.3 Å². The second-order valence-electron chi connectivity index (χ2n) is 6.66. The molecule has 5 heteroatoms. The predicted octanol–water partition coefficient (Wildman–Crippen LogP) is 2.05. The van der Waals surface area contributed by atoms with Gasteiger partial charge in [-0.2, -0.15) is 0 Å². The standard InChI is InChI=1S/C16H20FN3O/c17-14-10(2-1-3-11(14)16(18)20-21)7-19-15-12-8-4-5-9(6-8)13(12)15/h1-3,8-9,12-13,15,19,21H,4-7H2,(H2,18,20). The second kappa shape index (κ2) is 4.70. The highest BCUT2D eigenvalue weighted by Crippen LogP contribution is 2.65. The summed E-state index contributed by atoms with van der Waals surface area (Å²) in [6.07, 6.45) is 4.19. The van der Waals surface area contributed by atoms with E-state index < -0.39 is 5.82 Å². The first-order chi connectivity index (χ1) is 10.2. The SMILES string of the molecule is N/C(=N/O)c1cccc(CNC2C3C4CCC(C4)C23)c1F. The largest absolute Gasteiger partial charge is 0.409 e. The number of fused-ring (bicyclic) bond motifs is 5. The highest BCUT2D eigenvalue weighted by Gasteiger charge is 2.64. The molecule has 3 fully saturated rings. The van der Waals surface area contributed by atoms with Crippen LogP contribution in [0.4, 0.5) is 4.39 Å². The van der Waals surface area contributed by atoms with Crippen molar-refractivity contribution in [3.05, 3.63) is 35.1 Å². The van der Waals surface area contributed by atoms with Crippen molar-refractivity contribution in [1.29, 1.82) is 0 Å². The van der Waals surface area contributed by atoms with Crippen LogP contribution in [-0.2, 0) is 6.54 Å². The minimum absolute atomic E-state index is 0.160. The van der Waals surface area contributed by atoms with Crippen molar-refractivity contribution in [2.75, 3.05) is 0 Å². The number of halogens is 1. The number of nitrogens with zero attached hydrogens (tertiary/aromatic N) is 1. The van der Waals surface area contributed by atoms with E-state index in [4.69, 9.17) is 10.9 Å². The number of amidine groups is 1. The predicted molar refractivity (Wildman–Crippen MR) is 77.3 cm³/mol. The van der Waals surface area contributed by atoms with Gasteiger partial charge in [0.1, 0.15) is 5.82 Å². The van der Waals surface area contributed by atoms with Gasteiger partial charge in [0.25, 0.3) is 0 Å². The molecule has 112 valence electrons. The average molecular weight is 289 g/mol. The summed E-state index contributed by atoms with van der Waals surface area (Å²) in [5, 5.41) is 15.1. The Morgan fingerprint density at radius 1 is 1.33 bits per heavy atom. The van der Waals surface area contributed by atoms with Gasteiger partial charge in [0.15, 0.2) is 5.84 Å². The van der Waals surface area contributed by atoms with Crippen molar-refractivity contribution < 1.29 is 9.60 Å². The van der Waals surface area contributed by atoms with Crippen LogP contribution >= 0.6 is 0 Å². The highest BCUT2D eigenvalue weighted by atomic mass is 19.1. The molecule has 0 saturated heterocycles. The topological polar surface area (TPSA) is 70.6 Å². The molecular formula is C16H20FN3O. The Hall–Kier alpha value is -1.62. The number of rotatable bonds is 4. The molecule has 3 aliphatic rings. The minimum atomic E-state index is -0.394. The molecule has 0 amide bonds. The number of nitrogens with two attached hydrogens (primary N) is 1. The molecule has 0 spiro atoms. The van der Waals surface area contributed by atoms with E-state index in [2.05, 4.69) is 10.5 Å². The molecular weight excluding hydrogens is 269 g/mol. The number of oxime groups is 1. The lowest BCUT2D eigenvalue weighted by atomic mass is 10.0. The van der Waals surface area contributed by atoms with Crippen molar-refractivity contribution in [2.45, 2.75) is 31.8 Å². The average Bonchev–Trinajstić information content (AvgIpc) is 2.89. The van der Waals surface area contributed by atoms with Crippen LogP contribution in [-0.4, -0.2) is 17.1 Å². The Kier molecular flexibility index (Phi) is 2.92. The number of benzene rings is 1. The van der Waals surface area contributed by atoms with Crippen molar-refractivity contribution in [1.82, 2.24) is 5.32 Å². The van der Waals surface area contributed by atoms with Crippen LogP contribution in [0.5, 0.6) is 0 Å². The van der Waals surface area contributed by atoms with E-state index in [1.165, 1.54) is 25.3 Å². The molecule has 4 atom stereocenters. The maximum atomic E-state index is 14.3. The Morgan fingerprint density at radius 3 is 2.71 bits per heavy atom. The van der Waals surface area contributed by atoms with Crippen LogP contribution in [0.2, 0.25) is 0 Å². The summed E-state index contributed by atoms with van der Waals surface area (Å²) in [6, 6.07) is 5.59. The van der Waals surface area contributed by atoms with E-state index in [0.717, 1.165) is 23.7 Å². The van der Waals surface area contributed by atoms with E-state index in [0.29, 0.717) is 18.2 Å². The lowest BCUT2D eigenvalue weighted by molar-refractivity contribution is 0.318. The Morgan fingerprint density at radius 2 is 2.05 bits per heavy atom. The van der Waals surface area contributed by atoms with Gasteiger partial charge >= 0.3 is 0 Å². The van der Waals surface area contributed by atoms with Gasteiger partial charge in [0.05, 0.1) is 5.56 Å². The van der Waals surface area contributed by atoms with Crippen LogP contribution in [0.3, 0.4) is 0 Å². The van der Waals surface area contributed by atoms with E-state index >= 15 is 0 Å². The zero-order chi connectivity index (χ0) is 14.6. The van der Waals surface area contributed by atoms with E-state index in [1.54, 1.807) is 12.1 Å². The smallest absolute Gasteiger partial charge is 0.173 e. The molecule has 0 radical (unpaired) electrons. The van der Waals surface area contributed by atoms with Crippen LogP contribution < -0.4 is 11.1 Å². The summed E-state index contributed by atoms with van der Waals surface area (Å²) in [4.78, 5) is 0. The molecule has 3 aliphatic carbocycles. The molecule has 4 N–H and O–H groups in total. The maximum Gasteiger partial charge on any atom is 0.173 e. The molecule has 1 aromatic rings.